The molecule has 0 saturated carbocycles. The van der Waals surface area contributed by atoms with Crippen molar-refractivity contribution < 1.29 is 4.79 Å². The van der Waals surface area contributed by atoms with E-state index in [0.29, 0.717) is 0 Å². The smallest absolute Gasteiger partial charge is 0.256 e. The number of hydrogen-bond acceptors (Lipinski definition) is 3. The second-order valence-corrected chi connectivity index (χ2v) is 3.71. The van der Waals surface area contributed by atoms with Gasteiger partial charge in [0, 0.05) is 18.0 Å². The van der Waals surface area contributed by atoms with Gasteiger partial charge in [0.2, 0.25) is 0 Å². The molecule has 2 rings (SSSR count). The molecule has 0 radical (unpaired) electrons. The predicted molar refractivity (Wildman–Crippen MR) is 64.7 cm³/mol. The van der Waals surface area contributed by atoms with Gasteiger partial charge in [-0.2, -0.15) is 0 Å². The van der Waals surface area contributed by atoms with Gasteiger partial charge < -0.3 is 4.57 Å². The first-order valence-corrected chi connectivity index (χ1v) is 5.32. The van der Waals surface area contributed by atoms with Crippen LogP contribution in [0.25, 0.3) is 11.4 Å². The third-order valence-corrected chi connectivity index (χ3v) is 2.64. The number of imidazole rings is 1. The molecule has 5 nitrogen and oxygen atoms in total. The van der Waals surface area contributed by atoms with Crippen LogP contribution in [0.5, 0.6) is 0 Å². The fraction of sp³-hybridized carbons (Fsp3) is 0.167. The molecule has 0 aliphatic rings. The Hall–Kier alpha value is -2.14. The number of carbonyl (C=O) groups excluding carboxylic acids is 1. The highest BCUT2D eigenvalue weighted by Crippen LogP contribution is 2.20. The molecule has 0 spiro atoms. The minimum absolute atomic E-state index is 0.250. The van der Waals surface area contributed by atoms with E-state index in [1.807, 2.05) is 30.3 Å². The number of hydrazine groups is 1. The van der Waals surface area contributed by atoms with Crippen molar-refractivity contribution in [2.24, 2.45) is 5.84 Å². The van der Waals surface area contributed by atoms with Gasteiger partial charge in [0.1, 0.15) is 11.9 Å². The summed E-state index contributed by atoms with van der Waals surface area (Å²) in [6.45, 7) is 1.77. The molecule has 1 amide bonds. The van der Waals surface area contributed by atoms with Crippen LogP contribution in [0.15, 0.2) is 42.7 Å². The minimum atomic E-state index is -0.391. The third-order valence-electron chi connectivity index (χ3n) is 2.64. The van der Waals surface area contributed by atoms with E-state index < -0.39 is 6.04 Å². The maximum atomic E-state index is 11.5. The van der Waals surface area contributed by atoms with Crippen LogP contribution in [0, 0.1) is 0 Å². The molecule has 0 aliphatic heterocycles. The maximum absolute atomic E-state index is 11.5. The summed E-state index contributed by atoms with van der Waals surface area (Å²) < 4.78 is 1.79. The predicted octanol–water partition coefficient (Wildman–Crippen LogP) is 1.10. The Labute approximate surface area is 99.2 Å². The fourth-order valence-electron chi connectivity index (χ4n) is 1.68. The summed E-state index contributed by atoms with van der Waals surface area (Å²) in [5.74, 6) is 5.64. The number of carbonyl (C=O) groups is 1. The van der Waals surface area contributed by atoms with Crippen LogP contribution in [0.2, 0.25) is 0 Å². The summed E-state index contributed by atoms with van der Waals surface area (Å²) in [4.78, 5) is 15.8. The molecule has 0 aliphatic carbocycles. The van der Waals surface area contributed by atoms with E-state index in [1.165, 1.54) is 0 Å². The third kappa shape index (κ3) is 2.19. The van der Waals surface area contributed by atoms with E-state index in [-0.39, 0.29) is 5.91 Å². The molecule has 1 heterocycles. The Morgan fingerprint density at radius 1 is 1.41 bits per heavy atom. The van der Waals surface area contributed by atoms with Crippen molar-refractivity contribution in [3.05, 3.63) is 42.7 Å². The topological polar surface area (TPSA) is 72.9 Å². The number of benzene rings is 1. The molecule has 0 fully saturated rings. The number of hydrogen-bond donors (Lipinski definition) is 2. The Morgan fingerprint density at radius 2 is 2.12 bits per heavy atom. The Morgan fingerprint density at radius 3 is 2.76 bits per heavy atom. The van der Waals surface area contributed by atoms with Crippen molar-refractivity contribution in [2.45, 2.75) is 13.0 Å². The molecule has 2 aromatic rings. The van der Waals surface area contributed by atoms with Crippen molar-refractivity contribution in [3.8, 4) is 11.4 Å². The van der Waals surface area contributed by atoms with Gasteiger partial charge in [-0.25, -0.2) is 10.8 Å². The van der Waals surface area contributed by atoms with Crippen molar-refractivity contribution in [2.75, 3.05) is 0 Å². The molecule has 5 heteroatoms. The number of aromatic nitrogens is 2. The molecule has 1 aromatic heterocycles. The molecule has 17 heavy (non-hydrogen) atoms. The Balaban J connectivity index is 2.39. The van der Waals surface area contributed by atoms with Crippen LogP contribution in [-0.4, -0.2) is 15.5 Å². The van der Waals surface area contributed by atoms with Gasteiger partial charge in [-0.05, 0) is 6.92 Å². The first-order chi connectivity index (χ1) is 8.24. The highest BCUT2D eigenvalue weighted by Gasteiger charge is 2.17. The number of rotatable bonds is 3. The second kappa shape index (κ2) is 4.80. The number of nitrogens with one attached hydrogen (secondary N) is 1. The molecule has 0 saturated heterocycles. The lowest BCUT2D eigenvalue weighted by Crippen LogP contribution is -2.35. The van der Waals surface area contributed by atoms with Crippen LogP contribution in [0.3, 0.4) is 0 Å². The van der Waals surface area contributed by atoms with Crippen LogP contribution in [-0.2, 0) is 4.79 Å². The molecular formula is C12H14N4O. The first-order valence-electron chi connectivity index (χ1n) is 5.32. The van der Waals surface area contributed by atoms with Gasteiger partial charge >= 0.3 is 0 Å². The molecule has 3 N–H and O–H groups in total. The summed E-state index contributed by atoms with van der Waals surface area (Å²) in [6.07, 6.45) is 3.44. The van der Waals surface area contributed by atoms with E-state index in [9.17, 15) is 4.79 Å². The average Bonchev–Trinajstić information content (AvgIpc) is 2.87. The zero-order chi connectivity index (χ0) is 12.3. The van der Waals surface area contributed by atoms with Gasteiger partial charge in [-0.3, -0.25) is 10.2 Å². The van der Waals surface area contributed by atoms with E-state index in [4.69, 9.17) is 5.84 Å². The van der Waals surface area contributed by atoms with Crippen LogP contribution >= 0.6 is 0 Å². The van der Waals surface area contributed by atoms with E-state index in [0.717, 1.165) is 11.4 Å². The van der Waals surface area contributed by atoms with Gasteiger partial charge in [-0.15, -0.1) is 0 Å². The largest absolute Gasteiger partial charge is 0.319 e. The van der Waals surface area contributed by atoms with E-state index in [2.05, 4.69) is 10.4 Å². The van der Waals surface area contributed by atoms with Gasteiger partial charge in [0.25, 0.3) is 5.91 Å². The summed E-state index contributed by atoms with van der Waals surface area (Å²) >= 11 is 0. The van der Waals surface area contributed by atoms with Gasteiger partial charge in [-0.1, -0.05) is 30.3 Å². The van der Waals surface area contributed by atoms with Gasteiger partial charge in [0.15, 0.2) is 0 Å². The lowest BCUT2D eigenvalue weighted by Gasteiger charge is -2.14. The number of amides is 1. The van der Waals surface area contributed by atoms with Crippen molar-refractivity contribution in [1.82, 2.24) is 15.0 Å². The van der Waals surface area contributed by atoms with Crippen molar-refractivity contribution >= 4 is 5.91 Å². The number of nitrogens with two attached hydrogens (primary N) is 1. The fourth-order valence-corrected chi connectivity index (χ4v) is 1.68. The summed E-state index contributed by atoms with van der Waals surface area (Å²) in [6, 6.07) is 9.31. The SMILES string of the molecule is CC(C(=O)NN)n1ccnc1-c1ccccc1. The standard InChI is InChI=1S/C12H14N4O/c1-9(12(17)15-13)16-8-7-14-11(16)10-5-3-2-4-6-10/h2-9H,13H2,1H3,(H,15,17). The van der Waals surface area contributed by atoms with E-state index in [1.54, 1.807) is 23.9 Å². The first kappa shape index (κ1) is 11.3. The Kier molecular flexibility index (Phi) is 3.20. The second-order valence-electron chi connectivity index (χ2n) is 3.71. The highest BCUT2D eigenvalue weighted by molar-refractivity contribution is 5.80. The van der Waals surface area contributed by atoms with Crippen molar-refractivity contribution in [1.29, 1.82) is 0 Å². The molecular weight excluding hydrogens is 216 g/mol. The lowest BCUT2D eigenvalue weighted by atomic mass is 10.2. The maximum Gasteiger partial charge on any atom is 0.256 e. The van der Waals surface area contributed by atoms with Crippen LogP contribution in [0.4, 0.5) is 0 Å². The van der Waals surface area contributed by atoms with Crippen LogP contribution in [0.1, 0.15) is 13.0 Å². The molecule has 88 valence electrons. The van der Waals surface area contributed by atoms with Crippen LogP contribution < -0.4 is 11.3 Å². The summed E-state index contributed by atoms with van der Waals surface area (Å²) in [7, 11) is 0. The van der Waals surface area contributed by atoms with Crippen molar-refractivity contribution in [3.63, 3.8) is 0 Å². The van der Waals surface area contributed by atoms with E-state index >= 15 is 0 Å². The molecule has 0 bridgehead atoms. The zero-order valence-corrected chi connectivity index (χ0v) is 9.50. The molecule has 1 aromatic carbocycles. The zero-order valence-electron chi connectivity index (χ0n) is 9.50. The number of nitrogens with zero attached hydrogens (tertiary/aromatic N) is 2. The van der Waals surface area contributed by atoms with Gasteiger partial charge in [0.05, 0.1) is 0 Å². The minimum Gasteiger partial charge on any atom is -0.319 e. The Bertz CT molecular complexity index is 506. The quantitative estimate of drug-likeness (QED) is 0.471. The normalized spacial score (nSPS) is 12.1. The molecule has 1 unspecified atom stereocenters. The monoisotopic (exact) mass is 230 g/mol. The average molecular weight is 230 g/mol. The highest BCUT2D eigenvalue weighted by atomic mass is 16.2. The lowest BCUT2D eigenvalue weighted by molar-refractivity contribution is -0.123. The summed E-state index contributed by atoms with van der Waals surface area (Å²) in [5, 5.41) is 0. The molecule has 1 atom stereocenters. The summed E-state index contributed by atoms with van der Waals surface area (Å²) in [5.41, 5.74) is 3.11.